The minimum Gasteiger partial charge on any atom is -0.444 e. The molecule has 27 heavy (non-hydrogen) atoms. The Morgan fingerprint density at radius 2 is 1.63 bits per heavy atom. The molecule has 5 heteroatoms. The number of carbonyl (C=O) groups excluding carboxylic acids is 2. The molecule has 5 nitrogen and oxygen atoms in total. The van der Waals surface area contributed by atoms with E-state index in [-0.39, 0.29) is 11.8 Å². The molecule has 2 N–H and O–H groups in total. The van der Waals surface area contributed by atoms with E-state index in [9.17, 15) is 9.59 Å². The van der Waals surface area contributed by atoms with E-state index in [4.69, 9.17) is 4.74 Å². The van der Waals surface area contributed by atoms with E-state index < -0.39 is 11.7 Å². The van der Waals surface area contributed by atoms with Crippen LogP contribution in [0.25, 0.3) is 0 Å². The Hall–Kier alpha value is -2.82. The molecule has 2 aromatic carbocycles. The fraction of sp³-hybridized carbons (Fsp3) is 0.364. The van der Waals surface area contributed by atoms with Crippen molar-refractivity contribution in [3.05, 3.63) is 59.7 Å². The summed E-state index contributed by atoms with van der Waals surface area (Å²) >= 11 is 0. The summed E-state index contributed by atoms with van der Waals surface area (Å²) in [5.41, 5.74) is 3.43. The van der Waals surface area contributed by atoms with Crippen molar-refractivity contribution in [2.75, 3.05) is 10.6 Å². The molecule has 1 atom stereocenters. The first kappa shape index (κ1) is 19.0. The third-order valence-electron chi connectivity index (χ3n) is 4.50. The molecule has 3 rings (SSSR count). The lowest BCUT2D eigenvalue weighted by Crippen LogP contribution is -2.27. The first-order valence-electron chi connectivity index (χ1n) is 9.28. The Bertz CT molecular complexity index is 822. The van der Waals surface area contributed by atoms with Crippen LogP contribution in [0.5, 0.6) is 0 Å². The van der Waals surface area contributed by atoms with Gasteiger partial charge in [0.1, 0.15) is 5.60 Å². The molecule has 0 aromatic heterocycles. The summed E-state index contributed by atoms with van der Waals surface area (Å²) in [6.45, 7) is 5.44. The molecule has 0 saturated heterocycles. The highest BCUT2D eigenvalue weighted by Gasteiger charge is 2.24. The van der Waals surface area contributed by atoms with Crippen LogP contribution in [0.3, 0.4) is 0 Å². The van der Waals surface area contributed by atoms with Gasteiger partial charge in [0.25, 0.3) is 0 Å². The molecule has 1 aliphatic rings. The van der Waals surface area contributed by atoms with Gasteiger partial charge in [-0.2, -0.15) is 0 Å². The maximum absolute atomic E-state index is 12.4. The second-order valence-electron chi connectivity index (χ2n) is 7.89. The topological polar surface area (TPSA) is 67.4 Å². The lowest BCUT2D eigenvalue weighted by atomic mass is 9.97. The highest BCUT2D eigenvalue weighted by atomic mass is 16.6. The molecule has 0 fully saturated rings. The SMILES string of the molecule is CC(C)(C)OC(=O)Nc1ccc(NC(=O)CC2CCc3ccccc32)cc1. The van der Waals surface area contributed by atoms with Crippen LogP contribution in [-0.2, 0) is 16.0 Å². The van der Waals surface area contributed by atoms with Crippen LogP contribution < -0.4 is 10.6 Å². The molecule has 2 amide bonds. The van der Waals surface area contributed by atoms with E-state index in [2.05, 4.69) is 22.8 Å². The number of hydrogen-bond donors (Lipinski definition) is 2. The maximum atomic E-state index is 12.4. The number of aryl methyl sites for hydroxylation is 1. The molecule has 0 saturated carbocycles. The molecule has 0 spiro atoms. The molecule has 1 unspecified atom stereocenters. The normalized spacial score (nSPS) is 15.7. The lowest BCUT2D eigenvalue weighted by molar-refractivity contribution is -0.116. The summed E-state index contributed by atoms with van der Waals surface area (Å²) in [5, 5.41) is 5.61. The van der Waals surface area contributed by atoms with Crippen molar-refractivity contribution in [2.24, 2.45) is 0 Å². The number of anilines is 2. The maximum Gasteiger partial charge on any atom is 0.412 e. The lowest BCUT2D eigenvalue weighted by Gasteiger charge is -2.19. The van der Waals surface area contributed by atoms with Gasteiger partial charge in [0.2, 0.25) is 5.91 Å². The second kappa shape index (κ2) is 7.82. The summed E-state index contributed by atoms with van der Waals surface area (Å²) in [6.07, 6.45) is 2.04. The summed E-state index contributed by atoms with van der Waals surface area (Å²) in [4.78, 5) is 24.2. The van der Waals surface area contributed by atoms with Gasteiger partial charge in [-0.25, -0.2) is 4.79 Å². The average Bonchev–Trinajstić information content (AvgIpc) is 2.98. The Balaban J connectivity index is 1.53. The Morgan fingerprint density at radius 1 is 1.00 bits per heavy atom. The van der Waals surface area contributed by atoms with E-state index in [1.807, 2.05) is 32.9 Å². The van der Waals surface area contributed by atoms with Crippen LogP contribution in [0.1, 0.15) is 50.7 Å². The van der Waals surface area contributed by atoms with Crippen LogP contribution in [0, 0.1) is 0 Å². The van der Waals surface area contributed by atoms with Gasteiger partial charge in [-0.3, -0.25) is 10.1 Å². The highest BCUT2D eigenvalue weighted by Crippen LogP contribution is 2.35. The van der Waals surface area contributed by atoms with Crippen molar-refractivity contribution in [3.63, 3.8) is 0 Å². The third kappa shape index (κ3) is 5.33. The first-order chi connectivity index (χ1) is 12.8. The van der Waals surface area contributed by atoms with Gasteiger partial charge in [-0.15, -0.1) is 0 Å². The molecule has 142 valence electrons. The van der Waals surface area contributed by atoms with Crippen LogP contribution >= 0.6 is 0 Å². The van der Waals surface area contributed by atoms with Gasteiger partial charge in [0.05, 0.1) is 0 Å². The number of benzene rings is 2. The smallest absolute Gasteiger partial charge is 0.412 e. The van der Waals surface area contributed by atoms with E-state index in [1.54, 1.807) is 24.3 Å². The molecule has 0 radical (unpaired) electrons. The summed E-state index contributed by atoms with van der Waals surface area (Å²) in [7, 11) is 0. The zero-order valence-electron chi connectivity index (χ0n) is 16.0. The second-order valence-corrected chi connectivity index (χ2v) is 7.89. The van der Waals surface area contributed by atoms with Crippen molar-refractivity contribution >= 4 is 23.4 Å². The van der Waals surface area contributed by atoms with E-state index in [1.165, 1.54) is 11.1 Å². The van der Waals surface area contributed by atoms with Gasteiger partial charge in [-0.1, -0.05) is 24.3 Å². The predicted octanol–water partition coefficient (Wildman–Crippen LogP) is 5.09. The Kier molecular flexibility index (Phi) is 5.49. The Labute approximate surface area is 160 Å². The zero-order chi connectivity index (χ0) is 19.4. The number of rotatable bonds is 4. The number of nitrogens with one attached hydrogen (secondary N) is 2. The van der Waals surface area contributed by atoms with Gasteiger partial charge in [0, 0.05) is 17.8 Å². The molecule has 1 aliphatic carbocycles. The summed E-state index contributed by atoms with van der Waals surface area (Å²) < 4.78 is 5.22. The van der Waals surface area contributed by atoms with E-state index >= 15 is 0 Å². The molecular formula is C22H26N2O3. The minimum absolute atomic E-state index is 0.00422. The standard InChI is InChI=1S/C22H26N2O3/c1-22(2,3)27-21(26)24-18-12-10-17(11-13-18)23-20(25)14-16-9-8-15-6-4-5-7-19(15)16/h4-7,10-13,16H,8-9,14H2,1-3H3,(H,23,25)(H,24,26). The molecular weight excluding hydrogens is 340 g/mol. The number of hydrogen-bond acceptors (Lipinski definition) is 3. The Morgan fingerprint density at radius 3 is 2.30 bits per heavy atom. The quantitative estimate of drug-likeness (QED) is 0.792. The fourth-order valence-electron chi connectivity index (χ4n) is 3.35. The average molecular weight is 366 g/mol. The van der Waals surface area contributed by atoms with Crippen LogP contribution in [0.4, 0.5) is 16.2 Å². The predicted molar refractivity (Wildman–Crippen MR) is 107 cm³/mol. The largest absolute Gasteiger partial charge is 0.444 e. The van der Waals surface area contributed by atoms with Gasteiger partial charge >= 0.3 is 6.09 Å². The number of amides is 2. The molecule has 0 bridgehead atoms. The van der Waals surface area contributed by atoms with Gasteiger partial charge < -0.3 is 10.1 Å². The van der Waals surface area contributed by atoms with Crippen molar-refractivity contribution < 1.29 is 14.3 Å². The molecule has 2 aromatic rings. The number of ether oxygens (including phenoxy) is 1. The molecule has 0 aliphatic heterocycles. The van der Waals surface area contributed by atoms with Crippen LogP contribution in [0.2, 0.25) is 0 Å². The highest BCUT2D eigenvalue weighted by molar-refractivity contribution is 5.92. The van der Waals surface area contributed by atoms with Crippen molar-refractivity contribution in [2.45, 2.75) is 51.6 Å². The van der Waals surface area contributed by atoms with E-state index in [0.717, 1.165) is 12.8 Å². The van der Waals surface area contributed by atoms with Gasteiger partial charge in [-0.05, 0) is 74.9 Å². The monoisotopic (exact) mass is 366 g/mol. The van der Waals surface area contributed by atoms with Gasteiger partial charge in [0.15, 0.2) is 0 Å². The summed E-state index contributed by atoms with van der Waals surface area (Å²) in [5.74, 6) is 0.291. The fourth-order valence-corrected chi connectivity index (χ4v) is 3.35. The van der Waals surface area contributed by atoms with E-state index in [0.29, 0.717) is 17.8 Å². The van der Waals surface area contributed by atoms with Crippen LogP contribution in [-0.4, -0.2) is 17.6 Å². The number of fused-ring (bicyclic) bond motifs is 1. The number of carbonyl (C=O) groups is 2. The van der Waals surface area contributed by atoms with Crippen molar-refractivity contribution in [1.82, 2.24) is 0 Å². The molecule has 0 heterocycles. The van der Waals surface area contributed by atoms with Crippen molar-refractivity contribution in [1.29, 1.82) is 0 Å². The van der Waals surface area contributed by atoms with Crippen LogP contribution in [0.15, 0.2) is 48.5 Å². The summed E-state index contributed by atoms with van der Waals surface area (Å²) in [6, 6.07) is 15.4. The third-order valence-corrected chi connectivity index (χ3v) is 4.50. The van der Waals surface area contributed by atoms with Crippen molar-refractivity contribution in [3.8, 4) is 0 Å². The minimum atomic E-state index is -0.545. The first-order valence-corrected chi connectivity index (χ1v) is 9.28. The zero-order valence-corrected chi connectivity index (χ0v) is 16.0.